The van der Waals surface area contributed by atoms with Gasteiger partial charge in [0, 0.05) is 23.6 Å². The van der Waals surface area contributed by atoms with Gasteiger partial charge in [-0.1, -0.05) is 31.5 Å². The highest BCUT2D eigenvalue weighted by atomic mass is 35.5. The first-order valence-electron chi connectivity index (χ1n) is 5.71. The summed E-state index contributed by atoms with van der Waals surface area (Å²) < 4.78 is 0. The third-order valence-corrected chi connectivity index (χ3v) is 4.41. The lowest BCUT2D eigenvalue weighted by atomic mass is 10.1. The van der Waals surface area contributed by atoms with Gasteiger partial charge in [-0.15, -0.1) is 0 Å². The summed E-state index contributed by atoms with van der Waals surface area (Å²) in [5.74, 6) is 0. The van der Waals surface area contributed by atoms with Crippen molar-refractivity contribution in [1.29, 1.82) is 5.26 Å². The Kier molecular flexibility index (Phi) is 3.86. The highest BCUT2D eigenvalue weighted by molar-refractivity contribution is 8.00. The van der Waals surface area contributed by atoms with E-state index in [1.807, 2.05) is 23.9 Å². The van der Waals surface area contributed by atoms with E-state index >= 15 is 0 Å². The number of anilines is 1. The third-order valence-electron chi connectivity index (χ3n) is 2.86. The van der Waals surface area contributed by atoms with Crippen LogP contribution in [-0.4, -0.2) is 23.6 Å². The molecule has 0 aromatic heterocycles. The van der Waals surface area contributed by atoms with E-state index in [9.17, 15) is 5.26 Å². The molecule has 17 heavy (non-hydrogen) atoms. The lowest BCUT2D eigenvalue weighted by molar-refractivity contribution is 0.727. The summed E-state index contributed by atoms with van der Waals surface area (Å²) in [7, 11) is 0. The molecule has 4 heteroatoms. The normalized spacial score (nSPS) is 24.5. The molecule has 0 radical (unpaired) electrons. The molecule has 1 aromatic rings. The van der Waals surface area contributed by atoms with Crippen LogP contribution in [-0.2, 0) is 0 Å². The second-order valence-corrected chi connectivity index (χ2v) is 6.70. The third kappa shape index (κ3) is 2.70. The van der Waals surface area contributed by atoms with Gasteiger partial charge in [0.25, 0.3) is 0 Å². The monoisotopic (exact) mass is 266 g/mol. The fourth-order valence-corrected chi connectivity index (χ4v) is 3.80. The van der Waals surface area contributed by atoms with Crippen molar-refractivity contribution in [3.8, 4) is 6.07 Å². The standard InChI is InChI=1S/C13H15ClN2S/c1-9-7-16(8-10(2)17-9)13-5-3-4-12(14)11(13)6-15/h3-5,9-10H,7-8H2,1-2H3. The van der Waals surface area contributed by atoms with Gasteiger partial charge in [-0.3, -0.25) is 0 Å². The largest absolute Gasteiger partial charge is 0.368 e. The van der Waals surface area contributed by atoms with E-state index in [4.69, 9.17) is 11.6 Å². The van der Waals surface area contributed by atoms with Crippen molar-refractivity contribution in [2.45, 2.75) is 24.3 Å². The minimum atomic E-state index is 0.545. The van der Waals surface area contributed by atoms with E-state index < -0.39 is 0 Å². The Morgan fingerprint density at radius 3 is 2.59 bits per heavy atom. The van der Waals surface area contributed by atoms with Crippen LogP contribution in [0.1, 0.15) is 19.4 Å². The van der Waals surface area contributed by atoms with Crippen LogP contribution < -0.4 is 4.90 Å². The summed E-state index contributed by atoms with van der Waals surface area (Å²) in [6.07, 6.45) is 0. The van der Waals surface area contributed by atoms with Gasteiger partial charge in [0.15, 0.2) is 0 Å². The van der Waals surface area contributed by atoms with E-state index in [-0.39, 0.29) is 0 Å². The fraction of sp³-hybridized carbons (Fsp3) is 0.462. The predicted octanol–water partition coefficient (Wildman–Crippen LogP) is 3.54. The van der Waals surface area contributed by atoms with E-state index in [0.717, 1.165) is 18.8 Å². The van der Waals surface area contributed by atoms with Crippen molar-refractivity contribution in [3.05, 3.63) is 28.8 Å². The number of halogens is 1. The Morgan fingerprint density at radius 2 is 2.00 bits per heavy atom. The summed E-state index contributed by atoms with van der Waals surface area (Å²) in [6, 6.07) is 7.88. The van der Waals surface area contributed by atoms with Crippen molar-refractivity contribution in [2.24, 2.45) is 0 Å². The van der Waals surface area contributed by atoms with E-state index in [1.165, 1.54) is 0 Å². The second-order valence-electron chi connectivity index (χ2n) is 4.41. The molecular formula is C13H15ClN2S. The van der Waals surface area contributed by atoms with Gasteiger partial charge in [0.1, 0.15) is 6.07 Å². The molecule has 0 amide bonds. The van der Waals surface area contributed by atoms with Gasteiger partial charge >= 0.3 is 0 Å². The summed E-state index contributed by atoms with van der Waals surface area (Å²) >= 11 is 8.07. The maximum Gasteiger partial charge on any atom is 0.103 e. The van der Waals surface area contributed by atoms with Crippen LogP contribution in [0.2, 0.25) is 5.02 Å². The quantitative estimate of drug-likeness (QED) is 0.778. The van der Waals surface area contributed by atoms with Gasteiger partial charge in [-0.2, -0.15) is 17.0 Å². The molecule has 0 aliphatic carbocycles. The summed E-state index contributed by atoms with van der Waals surface area (Å²) in [5.41, 5.74) is 1.57. The van der Waals surface area contributed by atoms with Crippen LogP contribution in [0.15, 0.2) is 18.2 Å². The maximum absolute atomic E-state index is 9.20. The van der Waals surface area contributed by atoms with Crippen molar-refractivity contribution in [1.82, 2.24) is 0 Å². The summed E-state index contributed by atoms with van der Waals surface area (Å²) in [4.78, 5) is 2.27. The zero-order valence-electron chi connectivity index (χ0n) is 9.98. The maximum atomic E-state index is 9.20. The Bertz CT molecular complexity index is 445. The average molecular weight is 267 g/mol. The number of hydrogen-bond donors (Lipinski definition) is 0. The Hall–Kier alpha value is -0.850. The second kappa shape index (κ2) is 5.20. The molecule has 90 valence electrons. The SMILES string of the molecule is CC1CN(c2cccc(Cl)c2C#N)CC(C)S1. The first-order chi connectivity index (χ1) is 8.11. The number of hydrogen-bond acceptors (Lipinski definition) is 3. The van der Waals surface area contributed by atoms with Crippen molar-refractivity contribution in [3.63, 3.8) is 0 Å². The van der Waals surface area contributed by atoms with Crippen molar-refractivity contribution < 1.29 is 0 Å². The number of nitriles is 1. The van der Waals surface area contributed by atoms with Gasteiger partial charge in [0.2, 0.25) is 0 Å². The van der Waals surface area contributed by atoms with Crippen LogP contribution >= 0.6 is 23.4 Å². The molecule has 0 spiro atoms. The lowest BCUT2D eigenvalue weighted by Gasteiger charge is -2.36. The van der Waals surface area contributed by atoms with Crippen LogP contribution in [0.4, 0.5) is 5.69 Å². The van der Waals surface area contributed by atoms with Gasteiger partial charge in [-0.05, 0) is 12.1 Å². The number of rotatable bonds is 1. The molecule has 1 saturated heterocycles. The highest BCUT2D eigenvalue weighted by Crippen LogP contribution is 2.32. The first kappa shape index (κ1) is 12.6. The molecule has 1 aliphatic heterocycles. The van der Waals surface area contributed by atoms with Gasteiger partial charge in [-0.25, -0.2) is 0 Å². The minimum absolute atomic E-state index is 0.545. The number of thioether (sulfide) groups is 1. The molecule has 1 aromatic carbocycles. The number of nitrogens with zero attached hydrogens (tertiary/aromatic N) is 2. The fourth-order valence-electron chi connectivity index (χ4n) is 2.26. The van der Waals surface area contributed by atoms with E-state index in [2.05, 4.69) is 24.8 Å². The summed E-state index contributed by atoms with van der Waals surface area (Å²) in [6.45, 7) is 6.40. The minimum Gasteiger partial charge on any atom is -0.368 e. The van der Waals surface area contributed by atoms with Crippen LogP contribution in [0.3, 0.4) is 0 Å². The first-order valence-corrected chi connectivity index (χ1v) is 7.03. The molecule has 2 atom stereocenters. The molecule has 2 nitrogen and oxygen atoms in total. The Morgan fingerprint density at radius 1 is 1.35 bits per heavy atom. The highest BCUT2D eigenvalue weighted by Gasteiger charge is 2.24. The molecule has 2 unspecified atom stereocenters. The Labute approximate surface area is 112 Å². The van der Waals surface area contributed by atoms with Gasteiger partial charge in [0.05, 0.1) is 16.3 Å². The molecule has 0 bridgehead atoms. The van der Waals surface area contributed by atoms with Crippen LogP contribution in [0.5, 0.6) is 0 Å². The summed E-state index contributed by atoms with van der Waals surface area (Å²) in [5, 5.41) is 10.9. The van der Waals surface area contributed by atoms with Crippen LogP contribution in [0, 0.1) is 11.3 Å². The number of benzene rings is 1. The molecule has 2 rings (SSSR count). The van der Waals surface area contributed by atoms with Gasteiger partial charge < -0.3 is 4.90 Å². The molecule has 1 fully saturated rings. The zero-order valence-corrected chi connectivity index (χ0v) is 11.6. The predicted molar refractivity (Wildman–Crippen MR) is 74.9 cm³/mol. The molecule has 0 saturated carbocycles. The molecule has 0 N–H and O–H groups in total. The van der Waals surface area contributed by atoms with Crippen molar-refractivity contribution in [2.75, 3.05) is 18.0 Å². The smallest absolute Gasteiger partial charge is 0.103 e. The van der Waals surface area contributed by atoms with E-state index in [1.54, 1.807) is 6.07 Å². The van der Waals surface area contributed by atoms with Crippen molar-refractivity contribution >= 4 is 29.1 Å². The Balaban J connectivity index is 2.34. The topological polar surface area (TPSA) is 27.0 Å². The molecule has 1 heterocycles. The van der Waals surface area contributed by atoms with E-state index in [0.29, 0.717) is 21.1 Å². The average Bonchev–Trinajstić information content (AvgIpc) is 2.27. The zero-order chi connectivity index (χ0) is 12.4. The van der Waals surface area contributed by atoms with Crippen LogP contribution in [0.25, 0.3) is 0 Å². The molecule has 1 aliphatic rings. The molecular weight excluding hydrogens is 252 g/mol. The lowest BCUT2D eigenvalue weighted by Crippen LogP contribution is -2.40.